The van der Waals surface area contributed by atoms with Crippen LogP contribution in [0.1, 0.15) is 37.0 Å². The predicted octanol–water partition coefficient (Wildman–Crippen LogP) is 4.93. The molecule has 35 heavy (non-hydrogen) atoms. The van der Waals surface area contributed by atoms with E-state index in [0.717, 1.165) is 23.1 Å². The normalized spacial score (nSPS) is 12.5. The number of carbonyl (C=O) groups excluding carboxylic acids is 2. The number of halogens is 1. The second kappa shape index (κ2) is 12.7. The van der Waals surface area contributed by atoms with Crippen LogP contribution in [-0.2, 0) is 29.0 Å². The smallest absolute Gasteiger partial charge is 0.243 e. The van der Waals surface area contributed by atoms with Crippen LogP contribution in [0, 0.1) is 5.82 Å². The molecule has 0 heterocycles. The van der Waals surface area contributed by atoms with Gasteiger partial charge in [0.1, 0.15) is 17.6 Å². The highest BCUT2D eigenvalue weighted by Crippen LogP contribution is 2.18. The second-order valence-corrected chi connectivity index (χ2v) is 8.70. The van der Waals surface area contributed by atoms with Crippen molar-refractivity contribution in [3.8, 4) is 5.75 Å². The Kier molecular flexibility index (Phi) is 9.41. The first-order valence-electron chi connectivity index (χ1n) is 11.9. The number of rotatable bonds is 11. The van der Waals surface area contributed by atoms with Gasteiger partial charge >= 0.3 is 0 Å². The first-order chi connectivity index (χ1) is 16.9. The molecular weight excluding hydrogens is 443 g/mol. The average molecular weight is 477 g/mol. The molecule has 0 fully saturated rings. The molecule has 0 aliphatic heterocycles. The summed E-state index contributed by atoms with van der Waals surface area (Å²) in [6.07, 6.45) is 1.29. The van der Waals surface area contributed by atoms with Gasteiger partial charge in [0.2, 0.25) is 11.8 Å². The molecule has 0 radical (unpaired) electrons. The lowest BCUT2D eigenvalue weighted by atomic mass is 10.0. The summed E-state index contributed by atoms with van der Waals surface area (Å²) in [4.78, 5) is 28.7. The van der Waals surface area contributed by atoms with Crippen LogP contribution >= 0.6 is 0 Å². The van der Waals surface area contributed by atoms with Crippen molar-refractivity contribution in [3.63, 3.8) is 0 Å². The predicted molar refractivity (Wildman–Crippen MR) is 135 cm³/mol. The molecule has 5 nitrogen and oxygen atoms in total. The quantitative estimate of drug-likeness (QED) is 0.427. The molecule has 3 rings (SSSR count). The van der Waals surface area contributed by atoms with Crippen molar-refractivity contribution in [2.75, 3.05) is 7.11 Å². The monoisotopic (exact) mass is 476 g/mol. The Hall–Kier alpha value is -3.67. The Balaban J connectivity index is 1.94. The third-order valence-corrected chi connectivity index (χ3v) is 6.05. The summed E-state index contributed by atoms with van der Waals surface area (Å²) >= 11 is 0. The van der Waals surface area contributed by atoms with Gasteiger partial charge in [-0.05, 0) is 54.3 Å². The zero-order valence-electron chi connectivity index (χ0n) is 20.5. The molecule has 184 valence electrons. The molecule has 3 aromatic carbocycles. The lowest BCUT2D eigenvalue weighted by molar-refractivity contribution is -0.141. The van der Waals surface area contributed by atoms with E-state index in [0.29, 0.717) is 12.2 Å². The van der Waals surface area contributed by atoms with Crippen LogP contribution in [0.4, 0.5) is 4.39 Å². The molecule has 0 aromatic heterocycles. The first kappa shape index (κ1) is 25.9. The Morgan fingerprint density at radius 1 is 0.914 bits per heavy atom. The summed E-state index contributed by atoms with van der Waals surface area (Å²) in [6, 6.07) is 22.3. The van der Waals surface area contributed by atoms with Gasteiger partial charge in [-0.25, -0.2) is 4.39 Å². The second-order valence-electron chi connectivity index (χ2n) is 8.70. The summed E-state index contributed by atoms with van der Waals surface area (Å²) in [6.45, 7) is 4.14. The number of nitrogens with zero attached hydrogens (tertiary/aromatic N) is 1. The van der Waals surface area contributed by atoms with Crippen LogP contribution in [0.25, 0.3) is 0 Å². The van der Waals surface area contributed by atoms with Gasteiger partial charge in [0, 0.05) is 19.0 Å². The summed E-state index contributed by atoms with van der Waals surface area (Å²) < 4.78 is 18.7. The van der Waals surface area contributed by atoms with E-state index in [4.69, 9.17) is 4.74 Å². The van der Waals surface area contributed by atoms with Crippen molar-refractivity contribution in [2.24, 2.45) is 0 Å². The summed E-state index contributed by atoms with van der Waals surface area (Å²) in [5.41, 5.74) is 2.53. The van der Waals surface area contributed by atoms with Crippen molar-refractivity contribution in [2.45, 2.75) is 51.7 Å². The third-order valence-electron chi connectivity index (χ3n) is 6.05. The molecule has 3 aromatic rings. The Bertz CT molecular complexity index is 1090. The van der Waals surface area contributed by atoms with Gasteiger partial charge in [-0.2, -0.15) is 0 Å². The van der Waals surface area contributed by atoms with E-state index in [-0.39, 0.29) is 36.6 Å². The minimum Gasteiger partial charge on any atom is -0.497 e. The minimum absolute atomic E-state index is 0.0230. The molecular formula is C29H33FN2O3. The Labute approximate surface area is 206 Å². The third kappa shape index (κ3) is 7.67. The van der Waals surface area contributed by atoms with Gasteiger partial charge in [-0.1, -0.05) is 61.5 Å². The molecule has 6 heteroatoms. The van der Waals surface area contributed by atoms with Crippen LogP contribution in [0.2, 0.25) is 0 Å². The fourth-order valence-electron chi connectivity index (χ4n) is 3.80. The molecule has 0 saturated heterocycles. The van der Waals surface area contributed by atoms with Crippen molar-refractivity contribution < 1.29 is 18.7 Å². The number of hydrogen-bond donors (Lipinski definition) is 1. The SMILES string of the molecule is CC[C@H](C)NC(=O)[C@@H](Cc1ccccc1)N(Cc1ccc(F)cc1)C(=O)Cc1ccc(OC)cc1. The zero-order valence-corrected chi connectivity index (χ0v) is 20.5. The van der Waals surface area contributed by atoms with E-state index in [1.165, 1.54) is 12.1 Å². The highest BCUT2D eigenvalue weighted by molar-refractivity contribution is 5.89. The number of hydrogen-bond acceptors (Lipinski definition) is 3. The van der Waals surface area contributed by atoms with Crippen LogP contribution in [0.3, 0.4) is 0 Å². The van der Waals surface area contributed by atoms with Gasteiger partial charge in [-0.3, -0.25) is 9.59 Å². The fourth-order valence-corrected chi connectivity index (χ4v) is 3.80. The van der Waals surface area contributed by atoms with Crippen LogP contribution < -0.4 is 10.1 Å². The zero-order chi connectivity index (χ0) is 25.2. The molecule has 0 saturated carbocycles. The van der Waals surface area contributed by atoms with Crippen LogP contribution in [0.5, 0.6) is 5.75 Å². The highest BCUT2D eigenvalue weighted by Gasteiger charge is 2.31. The number of ether oxygens (including phenoxy) is 1. The number of benzene rings is 3. The molecule has 1 N–H and O–H groups in total. The van der Waals surface area contributed by atoms with E-state index in [1.807, 2.05) is 68.4 Å². The van der Waals surface area contributed by atoms with E-state index in [2.05, 4.69) is 5.32 Å². The maximum atomic E-state index is 13.7. The van der Waals surface area contributed by atoms with E-state index in [1.54, 1.807) is 24.1 Å². The van der Waals surface area contributed by atoms with Crippen molar-refractivity contribution >= 4 is 11.8 Å². The first-order valence-corrected chi connectivity index (χ1v) is 11.9. The molecule has 0 bridgehead atoms. The largest absolute Gasteiger partial charge is 0.497 e. The van der Waals surface area contributed by atoms with Crippen molar-refractivity contribution in [3.05, 3.63) is 101 Å². The summed E-state index contributed by atoms with van der Waals surface area (Å²) in [5, 5.41) is 3.05. The van der Waals surface area contributed by atoms with Crippen molar-refractivity contribution in [1.29, 1.82) is 0 Å². The van der Waals surface area contributed by atoms with Crippen LogP contribution in [-0.4, -0.2) is 35.9 Å². The highest BCUT2D eigenvalue weighted by atomic mass is 19.1. The van der Waals surface area contributed by atoms with Gasteiger partial charge in [0.05, 0.1) is 13.5 Å². The fraction of sp³-hybridized carbons (Fsp3) is 0.310. The van der Waals surface area contributed by atoms with Gasteiger partial charge in [0.15, 0.2) is 0 Å². The summed E-state index contributed by atoms with van der Waals surface area (Å²) in [5.74, 6) is -0.0208. The Morgan fingerprint density at radius 2 is 1.54 bits per heavy atom. The standard InChI is InChI=1S/C29H33FN2O3/c1-4-21(2)31-29(34)27(18-22-8-6-5-7-9-22)32(20-24-10-14-25(30)15-11-24)28(33)19-23-12-16-26(35-3)17-13-23/h5-17,21,27H,4,18-20H2,1-3H3,(H,31,34)/t21-,27+/m0/s1. The number of nitrogens with one attached hydrogen (secondary N) is 1. The lowest BCUT2D eigenvalue weighted by Gasteiger charge is -2.32. The average Bonchev–Trinajstić information content (AvgIpc) is 2.88. The van der Waals surface area contributed by atoms with Crippen LogP contribution in [0.15, 0.2) is 78.9 Å². The van der Waals surface area contributed by atoms with Crippen molar-refractivity contribution in [1.82, 2.24) is 10.2 Å². The molecule has 0 aliphatic carbocycles. The minimum atomic E-state index is -0.720. The number of amides is 2. The topological polar surface area (TPSA) is 58.6 Å². The molecule has 2 atom stereocenters. The number of carbonyl (C=O) groups is 2. The van der Waals surface area contributed by atoms with Gasteiger partial charge < -0.3 is 15.0 Å². The Morgan fingerprint density at radius 3 is 2.14 bits per heavy atom. The molecule has 0 spiro atoms. The van der Waals surface area contributed by atoms with E-state index >= 15 is 0 Å². The molecule has 0 unspecified atom stereocenters. The number of methoxy groups -OCH3 is 1. The molecule has 0 aliphatic rings. The maximum absolute atomic E-state index is 13.7. The van der Waals surface area contributed by atoms with Gasteiger partial charge in [-0.15, -0.1) is 0 Å². The van der Waals surface area contributed by atoms with E-state index < -0.39 is 6.04 Å². The lowest BCUT2D eigenvalue weighted by Crippen LogP contribution is -2.52. The molecule has 2 amide bonds. The maximum Gasteiger partial charge on any atom is 0.243 e. The van der Waals surface area contributed by atoms with Gasteiger partial charge in [0.25, 0.3) is 0 Å². The van der Waals surface area contributed by atoms with E-state index in [9.17, 15) is 14.0 Å². The summed E-state index contributed by atoms with van der Waals surface area (Å²) in [7, 11) is 1.59.